The van der Waals surface area contributed by atoms with Crippen LogP contribution in [-0.4, -0.2) is 37.9 Å². The van der Waals surface area contributed by atoms with Crippen LogP contribution in [0.15, 0.2) is 9.98 Å². The van der Waals surface area contributed by atoms with Gasteiger partial charge in [0.05, 0.1) is 0 Å². The van der Waals surface area contributed by atoms with Crippen molar-refractivity contribution >= 4 is 11.7 Å². The van der Waals surface area contributed by atoms with Crippen LogP contribution in [0.25, 0.3) is 0 Å². The summed E-state index contributed by atoms with van der Waals surface area (Å²) >= 11 is 0. The lowest BCUT2D eigenvalue weighted by atomic mass is 10.3. The summed E-state index contributed by atoms with van der Waals surface area (Å²) in [5.41, 5.74) is 0. The van der Waals surface area contributed by atoms with E-state index >= 15 is 0 Å². The highest BCUT2D eigenvalue weighted by atomic mass is 15.1. The lowest BCUT2D eigenvalue weighted by molar-refractivity contribution is 0.721. The van der Waals surface area contributed by atoms with E-state index < -0.39 is 0 Å². The zero-order chi connectivity index (χ0) is 8.23. The number of hydrogen-bond acceptors (Lipinski definition) is 4. The number of nitrogens with one attached hydrogen (secondary N) is 2. The van der Waals surface area contributed by atoms with Crippen LogP contribution in [0.5, 0.6) is 0 Å². The first-order valence-electron chi connectivity index (χ1n) is 4.54. The molecule has 12 heavy (non-hydrogen) atoms. The third-order valence-electron chi connectivity index (χ3n) is 2.02. The topological polar surface area (TPSA) is 48.8 Å². The Morgan fingerprint density at radius 1 is 0.833 bits per heavy atom. The molecule has 0 unspecified atom stereocenters. The lowest BCUT2D eigenvalue weighted by Crippen LogP contribution is -2.45. The molecule has 0 aromatic carbocycles. The summed E-state index contributed by atoms with van der Waals surface area (Å²) in [5, 5.41) is 6.49. The molecule has 0 fully saturated rings. The molecule has 0 aromatic heterocycles. The van der Waals surface area contributed by atoms with Crippen molar-refractivity contribution in [1.29, 1.82) is 0 Å². The Bertz CT molecular complexity index is 195. The Hall–Kier alpha value is -1.06. The minimum Gasteiger partial charge on any atom is -0.367 e. The molecular weight excluding hydrogens is 152 g/mol. The molecule has 0 bridgehead atoms. The number of hydrogen-bond donors (Lipinski definition) is 2. The van der Waals surface area contributed by atoms with E-state index in [0.717, 1.165) is 50.7 Å². The third-order valence-corrected chi connectivity index (χ3v) is 2.02. The van der Waals surface area contributed by atoms with E-state index in [1.807, 2.05) is 0 Å². The summed E-state index contributed by atoms with van der Waals surface area (Å²) in [4.78, 5) is 8.73. The summed E-state index contributed by atoms with van der Waals surface area (Å²) in [6.07, 6.45) is 2.27. The molecule has 2 heterocycles. The molecule has 66 valence electrons. The second-order valence-electron chi connectivity index (χ2n) is 3.02. The Balaban J connectivity index is 2.06. The van der Waals surface area contributed by atoms with E-state index in [1.165, 1.54) is 0 Å². The summed E-state index contributed by atoms with van der Waals surface area (Å²) in [6.45, 7) is 3.92. The van der Waals surface area contributed by atoms with Gasteiger partial charge in [-0.1, -0.05) is 0 Å². The summed E-state index contributed by atoms with van der Waals surface area (Å²) in [6, 6.07) is 0. The van der Waals surface area contributed by atoms with Crippen LogP contribution in [0, 0.1) is 0 Å². The van der Waals surface area contributed by atoms with Crippen molar-refractivity contribution < 1.29 is 0 Å². The molecule has 0 aromatic rings. The van der Waals surface area contributed by atoms with E-state index in [9.17, 15) is 0 Å². The van der Waals surface area contributed by atoms with Crippen molar-refractivity contribution in [3.8, 4) is 0 Å². The maximum absolute atomic E-state index is 4.37. The van der Waals surface area contributed by atoms with E-state index in [-0.39, 0.29) is 0 Å². The third kappa shape index (κ3) is 1.57. The van der Waals surface area contributed by atoms with E-state index in [4.69, 9.17) is 0 Å². The van der Waals surface area contributed by atoms with Gasteiger partial charge in [-0.05, 0) is 12.8 Å². The zero-order valence-electron chi connectivity index (χ0n) is 7.14. The van der Waals surface area contributed by atoms with Gasteiger partial charge in [0.1, 0.15) is 0 Å². The van der Waals surface area contributed by atoms with Gasteiger partial charge < -0.3 is 10.6 Å². The highest BCUT2D eigenvalue weighted by molar-refractivity contribution is 6.40. The van der Waals surface area contributed by atoms with Crippen LogP contribution < -0.4 is 10.6 Å². The quantitative estimate of drug-likeness (QED) is 0.565. The van der Waals surface area contributed by atoms with Crippen molar-refractivity contribution in [2.45, 2.75) is 12.8 Å². The molecule has 4 nitrogen and oxygen atoms in total. The number of aliphatic imine (C=N–C) groups is 2. The van der Waals surface area contributed by atoms with Gasteiger partial charge in [0.25, 0.3) is 0 Å². The van der Waals surface area contributed by atoms with Crippen LogP contribution in [0.3, 0.4) is 0 Å². The van der Waals surface area contributed by atoms with Crippen LogP contribution >= 0.6 is 0 Å². The largest absolute Gasteiger partial charge is 0.367 e. The van der Waals surface area contributed by atoms with Gasteiger partial charge in [-0.2, -0.15) is 0 Å². The molecule has 0 amide bonds. The van der Waals surface area contributed by atoms with Crippen LogP contribution in [0.2, 0.25) is 0 Å². The van der Waals surface area contributed by atoms with Crippen LogP contribution in [0.4, 0.5) is 0 Å². The zero-order valence-corrected chi connectivity index (χ0v) is 7.14. The minimum absolute atomic E-state index is 0.934. The van der Waals surface area contributed by atoms with Gasteiger partial charge in [-0.25, -0.2) is 0 Å². The first-order chi connectivity index (χ1) is 5.97. The van der Waals surface area contributed by atoms with E-state index in [2.05, 4.69) is 20.6 Å². The highest BCUT2D eigenvalue weighted by Gasteiger charge is 2.12. The molecule has 0 saturated carbocycles. The summed E-state index contributed by atoms with van der Waals surface area (Å²) in [5.74, 6) is 1.92. The van der Waals surface area contributed by atoms with Crippen molar-refractivity contribution in [3.05, 3.63) is 0 Å². The second kappa shape index (κ2) is 3.56. The molecular formula is C8H14N4. The molecule has 2 aliphatic heterocycles. The Morgan fingerprint density at radius 3 is 1.67 bits per heavy atom. The second-order valence-corrected chi connectivity index (χ2v) is 3.02. The lowest BCUT2D eigenvalue weighted by Gasteiger charge is -2.19. The molecule has 0 aliphatic carbocycles. The first-order valence-corrected chi connectivity index (χ1v) is 4.54. The SMILES string of the molecule is C1CN=C(C2=NCCCN2)NC1. The molecule has 4 heteroatoms. The smallest absolute Gasteiger partial charge is 0.164 e. The Morgan fingerprint density at radius 2 is 1.33 bits per heavy atom. The van der Waals surface area contributed by atoms with Gasteiger partial charge in [-0.15, -0.1) is 0 Å². The number of nitrogens with zero attached hydrogens (tertiary/aromatic N) is 2. The van der Waals surface area contributed by atoms with Crippen LogP contribution in [-0.2, 0) is 0 Å². The molecule has 0 spiro atoms. The average Bonchev–Trinajstić information content (AvgIpc) is 2.21. The fourth-order valence-electron chi connectivity index (χ4n) is 1.38. The van der Waals surface area contributed by atoms with Gasteiger partial charge in [0.15, 0.2) is 11.7 Å². The maximum Gasteiger partial charge on any atom is 0.164 e. The van der Waals surface area contributed by atoms with Crippen molar-refractivity contribution in [2.75, 3.05) is 26.2 Å². The Kier molecular flexibility index (Phi) is 2.25. The summed E-state index contributed by atoms with van der Waals surface area (Å²) in [7, 11) is 0. The molecule has 0 saturated heterocycles. The summed E-state index contributed by atoms with van der Waals surface area (Å²) < 4.78 is 0. The molecule has 0 atom stereocenters. The van der Waals surface area contributed by atoms with Gasteiger partial charge >= 0.3 is 0 Å². The Labute approximate surface area is 72.2 Å². The molecule has 0 radical (unpaired) electrons. The average molecular weight is 166 g/mol. The standard InChI is InChI=1S/C8H14N4/c1-3-9-7(10-4-1)8-11-5-2-6-12-8/h1-6H2,(H,9,10)(H,11,12). The predicted octanol–water partition coefficient (Wildman–Crippen LogP) is -0.230. The van der Waals surface area contributed by atoms with Gasteiger partial charge in [0, 0.05) is 26.2 Å². The first kappa shape index (κ1) is 7.58. The number of rotatable bonds is 1. The van der Waals surface area contributed by atoms with Crippen molar-refractivity contribution in [2.24, 2.45) is 9.98 Å². The number of amidine groups is 2. The minimum atomic E-state index is 0.934. The van der Waals surface area contributed by atoms with E-state index in [1.54, 1.807) is 0 Å². The molecule has 2 aliphatic rings. The monoisotopic (exact) mass is 166 g/mol. The molecule has 2 rings (SSSR count). The predicted molar refractivity (Wildman–Crippen MR) is 49.8 cm³/mol. The van der Waals surface area contributed by atoms with Crippen LogP contribution in [0.1, 0.15) is 12.8 Å². The van der Waals surface area contributed by atoms with Gasteiger partial charge in [0.2, 0.25) is 0 Å². The highest BCUT2D eigenvalue weighted by Crippen LogP contribution is 1.95. The van der Waals surface area contributed by atoms with Crippen molar-refractivity contribution in [3.63, 3.8) is 0 Å². The normalized spacial score (nSPS) is 23.3. The van der Waals surface area contributed by atoms with Crippen molar-refractivity contribution in [1.82, 2.24) is 10.6 Å². The van der Waals surface area contributed by atoms with Gasteiger partial charge in [-0.3, -0.25) is 9.98 Å². The van der Waals surface area contributed by atoms with E-state index in [0.29, 0.717) is 0 Å². The maximum atomic E-state index is 4.37. The fourth-order valence-corrected chi connectivity index (χ4v) is 1.38. The fraction of sp³-hybridized carbons (Fsp3) is 0.750. The molecule has 2 N–H and O–H groups in total.